The van der Waals surface area contributed by atoms with E-state index in [4.69, 9.17) is 4.42 Å². The molecular formula is C23H22N2O2S. The van der Waals surface area contributed by atoms with E-state index in [1.165, 1.54) is 16.9 Å². The first kappa shape index (κ1) is 17.4. The zero-order valence-corrected chi connectivity index (χ0v) is 17.3. The summed E-state index contributed by atoms with van der Waals surface area (Å²) in [7, 11) is 2.12. The Morgan fingerprint density at radius 3 is 2.79 bits per heavy atom. The maximum Gasteiger partial charge on any atom is 0.346 e. The summed E-state index contributed by atoms with van der Waals surface area (Å²) in [6, 6.07) is 14.1. The second-order valence-corrected chi connectivity index (χ2v) is 9.39. The summed E-state index contributed by atoms with van der Waals surface area (Å²) in [4.78, 5) is 19.7. The molecule has 2 aromatic heterocycles. The van der Waals surface area contributed by atoms with Crippen molar-refractivity contribution in [1.29, 1.82) is 0 Å². The van der Waals surface area contributed by atoms with Crippen molar-refractivity contribution in [3.8, 4) is 10.6 Å². The molecule has 0 N–H and O–H groups in total. The van der Waals surface area contributed by atoms with Crippen molar-refractivity contribution in [2.45, 2.75) is 38.6 Å². The Hall–Kier alpha value is -2.66. The molecule has 5 rings (SSSR count). The molecule has 5 heteroatoms. The lowest BCUT2D eigenvalue weighted by Gasteiger charge is -2.45. The van der Waals surface area contributed by atoms with Gasteiger partial charge in [-0.15, -0.1) is 11.3 Å². The van der Waals surface area contributed by atoms with Crippen LogP contribution >= 0.6 is 11.3 Å². The molecule has 0 amide bonds. The highest BCUT2D eigenvalue weighted by atomic mass is 32.1. The Labute approximate surface area is 167 Å². The zero-order chi connectivity index (χ0) is 19.6. The molecule has 142 valence electrons. The molecule has 0 spiro atoms. The third-order valence-electron chi connectivity index (χ3n) is 6.01. The van der Waals surface area contributed by atoms with Gasteiger partial charge in [0.15, 0.2) is 0 Å². The van der Waals surface area contributed by atoms with E-state index in [1.54, 1.807) is 0 Å². The van der Waals surface area contributed by atoms with Gasteiger partial charge in [0.25, 0.3) is 0 Å². The van der Waals surface area contributed by atoms with Gasteiger partial charge >= 0.3 is 5.63 Å². The van der Waals surface area contributed by atoms with Gasteiger partial charge < -0.3 is 9.32 Å². The van der Waals surface area contributed by atoms with E-state index in [0.29, 0.717) is 22.1 Å². The summed E-state index contributed by atoms with van der Waals surface area (Å²) < 4.78 is 6.81. The monoisotopic (exact) mass is 390 g/mol. The van der Waals surface area contributed by atoms with Gasteiger partial charge in [-0.2, -0.15) is 0 Å². The molecular weight excluding hydrogens is 368 g/mol. The number of aromatic nitrogens is 1. The van der Waals surface area contributed by atoms with Crippen LogP contribution in [0.5, 0.6) is 0 Å². The van der Waals surface area contributed by atoms with Gasteiger partial charge in [-0.25, -0.2) is 9.78 Å². The van der Waals surface area contributed by atoms with Crippen LogP contribution in [-0.2, 0) is 0 Å². The quantitative estimate of drug-likeness (QED) is 0.386. The van der Waals surface area contributed by atoms with E-state index >= 15 is 0 Å². The highest BCUT2D eigenvalue weighted by Gasteiger charge is 2.34. The average molecular weight is 391 g/mol. The van der Waals surface area contributed by atoms with E-state index < -0.39 is 0 Å². The zero-order valence-electron chi connectivity index (χ0n) is 16.4. The van der Waals surface area contributed by atoms with Crippen LogP contribution in [0.3, 0.4) is 0 Å². The number of nitrogens with zero attached hydrogens (tertiary/aromatic N) is 2. The van der Waals surface area contributed by atoms with Gasteiger partial charge in [-0.05, 0) is 56.0 Å². The van der Waals surface area contributed by atoms with Crippen molar-refractivity contribution in [1.82, 2.24) is 4.98 Å². The first-order valence-electron chi connectivity index (χ1n) is 9.55. The van der Waals surface area contributed by atoms with Gasteiger partial charge in [0, 0.05) is 29.7 Å². The van der Waals surface area contributed by atoms with E-state index in [9.17, 15) is 4.79 Å². The molecule has 1 aliphatic rings. The van der Waals surface area contributed by atoms with Crippen LogP contribution < -0.4 is 10.5 Å². The van der Waals surface area contributed by atoms with E-state index in [0.717, 1.165) is 27.7 Å². The molecule has 0 bridgehead atoms. The van der Waals surface area contributed by atoms with Crippen LogP contribution in [0.1, 0.15) is 38.7 Å². The molecule has 4 aromatic rings. The number of hydrogen-bond donors (Lipinski definition) is 0. The first-order valence-corrected chi connectivity index (χ1v) is 10.4. The van der Waals surface area contributed by atoms with E-state index in [-0.39, 0.29) is 11.2 Å². The van der Waals surface area contributed by atoms with Gasteiger partial charge in [-0.1, -0.05) is 19.1 Å². The predicted molar refractivity (Wildman–Crippen MR) is 117 cm³/mol. The van der Waals surface area contributed by atoms with Crippen LogP contribution in [-0.4, -0.2) is 17.6 Å². The lowest BCUT2D eigenvalue weighted by atomic mass is 9.80. The van der Waals surface area contributed by atoms with E-state index in [2.05, 4.69) is 43.8 Å². The standard InChI is InChI=1S/C23H22N2O2S/c1-13-12-23(2,3)25(4)18-11-19-14(9-15(13)18)10-16(22(26)27-19)21-24-17-7-5-6-8-20(17)28-21/h5-11,13H,12H2,1-4H3. The number of fused-ring (bicyclic) bond motifs is 3. The Balaban J connectivity index is 1.71. The fourth-order valence-corrected chi connectivity index (χ4v) is 5.29. The van der Waals surface area contributed by atoms with Crippen LogP contribution in [0.2, 0.25) is 0 Å². The third-order valence-corrected chi connectivity index (χ3v) is 7.08. The number of benzene rings is 2. The van der Waals surface area contributed by atoms with Gasteiger partial charge in [-0.3, -0.25) is 0 Å². The molecule has 1 atom stereocenters. The Morgan fingerprint density at radius 2 is 2.00 bits per heavy atom. The predicted octanol–water partition coefficient (Wildman–Crippen LogP) is 5.79. The first-order chi connectivity index (χ1) is 13.3. The molecule has 0 fully saturated rings. The summed E-state index contributed by atoms with van der Waals surface area (Å²) in [6.07, 6.45) is 1.09. The van der Waals surface area contributed by atoms with Crippen molar-refractivity contribution in [3.05, 3.63) is 58.4 Å². The molecule has 3 heterocycles. The lowest BCUT2D eigenvalue weighted by Crippen LogP contribution is -2.45. The molecule has 2 aromatic carbocycles. The largest absolute Gasteiger partial charge is 0.422 e. The minimum absolute atomic E-state index is 0.0708. The number of anilines is 1. The summed E-state index contributed by atoms with van der Waals surface area (Å²) in [5, 5.41) is 1.66. The third kappa shape index (κ3) is 2.57. The van der Waals surface area contributed by atoms with Crippen molar-refractivity contribution in [2.24, 2.45) is 0 Å². The van der Waals surface area contributed by atoms with Gasteiger partial charge in [0.05, 0.1) is 15.8 Å². The topological polar surface area (TPSA) is 46.3 Å². The number of rotatable bonds is 1. The second-order valence-electron chi connectivity index (χ2n) is 8.36. The SMILES string of the molecule is CC1CC(C)(C)N(C)c2cc3oc(=O)c(-c4nc5ccccc5s4)cc3cc21. The Kier molecular flexibility index (Phi) is 3.68. The van der Waals surface area contributed by atoms with Gasteiger partial charge in [0.2, 0.25) is 0 Å². The number of thiazole rings is 1. The highest BCUT2D eigenvalue weighted by molar-refractivity contribution is 7.21. The van der Waals surface area contributed by atoms with Gasteiger partial charge in [0.1, 0.15) is 10.6 Å². The van der Waals surface area contributed by atoms with Crippen LogP contribution in [0, 0.1) is 0 Å². The fraction of sp³-hybridized carbons (Fsp3) is 0.304. The summed E-state index contributed by atoms with van der Waals surface area (Å²) in [6.45, 7) is 6.78. The van der Waals surface area contributed by atoms with Crippen molar-refractivity contribution >= 4 is 38.2 Å². The average Bonchev–Trinajstić information content (AvgIpc) is 3.08. The molecule has 1 aliphatic heterocycles. The minimum atomic E-state index is -0.336. The molecule has 0 radical (unpaired) electrons. The lowest BCUT2D eigenvalue weighted by molar-refractivity contribution is 0.395. The number of hydrogen-bond acceptors (Lipinski definition) is 5. The molecule has 0 saturated heterocycles. The number of para-hydroxylation sites is 1. The highest BCUT2D eigenvalue weighted by Crippen LogP contribution is 2.44. The smallest absolute Gasteiger partial charge is 0.346 e. The minimum Gasteiger partial charge on any atom is -0.422 e. The Morgan fingerprint density at radius 1 is 1.21 bits per heavy atom. The maximum absolute atomic E-state index is 12.7. The molecule has 0 aliphatic carbocycles. The molecule has 1 unspecified atom stereocenters. The fourth-order valence-electron chi connectivity index (χ4n) is 4.32. The van der Waals surface area contributed by atoms with E-state index in [1.807, 2.05) is 36.4 Å². The van der Waals surface area contributed by atoms with Crippen molar-refractivity contribution in [2.75, 3.05) is 11.9 Å². The molecule has 0 saturated carbocycles. The second kappa shape index (κ2) is 5.92. The Bertz CT molecular complexity index is 1250. The molecule has 4 nitrogen and oxygen atoms in total. The molecule has 28 heavy (non-hydrogen) atoms. The normalized spacial score (nSPS) is 18.6. The van der Waals surface area contributed by atoms with Crippen LogP contribution in [0.25, 0.3) is 31.8 Å². The summed E-state index contributed by atoms with van der Waals surface area (Å²) in [5.74, 6) is 0.448. The van der Waals surface area contributed by atoms with Crippen molar-refractivity contribution in [3.63, 3.8) is 0 Å². The van der Waals surface area contributed by atoms with Crippen LogP contribution in [0.4, 0.5) is 5.69 Å². The van der Waals surface area contributed by atoms with Crippen molar-refractivity contribution < 1.29 is 4.42 Å². The van der Waals surface area contributed by atoms with Crippen LogP contribution in [0.15, 0.2) is 51.7 Å². The summed E-state index contributed by atoms with van der Waals surface area (Å²) >= 11 is 1.52. The maximum atomic E-state index is 12.7. The summed E-state index contributed by atoms with van der Waals surface area (Å²) in [5.41, 5.74) is 4.25.